The molecule has 0 aliphatic heterocycles. The van der Waals surface area contributed by atoms with Crippen LogP contribution in [0, 0.1) is 6.92 Å². The molecule has 0 aromatic heterocycles. The van der Waals surface area contributed by atoms with Crippen LogP contribution < -0.4 is 10.9 Å². The molecule has 0 nitrogen and oxygen atoms in total. The highest BCUT2D eigenvalue weighted by Gasteiger charge is 2.04. The van der Waals surface area contributed by atoms with Gasteiger partial charge >= 0.3 is 0 Å². The first-order valence-corrected chi connectivity index (χ1v) is 4.60. The predicted octanol–water partition coefficient (Wildman–Crippen LogP) is -0.365. The summed E-state index contributed by atoms with van der Waals surface area (Å²) in [4.78, 5) is 0. The Hall–Kier alpha value is -0.650. The number of hydrogen-bond donors (Lipinski definition) is 0. The first-order chi connectivity index (χ1) is 5.52. The van der Waals surface area contributed by atoms with Gasteiger partial charge in [-0.2, -0.15) is 0 Å². The summed E-state index contributed by atoms with van der Waals surface area (Å²) >= 11 is 0. The second-order valence-corrected chi connectivity index (χ2v) is 3.95. The zero-order chi connectivity index (χ0) is 9.30. The molecule has 0 atom stereocenters. The Morgan fingerprint density at radius 1 is 1.08 bits per heavy atom. The van der Waals surface area contributed by atoms with Gasteiger partial charge in [-0.1, -0.05) is 36.9 Å². The van der Waals surface area contributed by atoms with Gasteiger partial charge in [-0.3, -0.25) is 0 Å². The molecule has 0 unspecified atom stereocenters. The molecule has 0 radical (unpaired) electrons. The molecule has 0 bridgehead atoms. The lowest BCUT2D eigenvalue weighted by Gasteiger charge is -2.12. The van der Waals surface area contributed by atoms with E-state index in [0.29, 0.717) is 5.92 Å². The van der Waals surface area contributed by atoms with Crippen LogP contribution >= 0.6 is 0 Å². The summed E-state index contributed by atoms with van der Waals surface area (Å²) in [6.07, 6.45) is 0. The lowest BCUT2D eigenvalue weighted by Crippen LogP contribution is -2.26. The number of rotatable bonds is 1. The summed E-state index contributed by atoms with van der Waals surface area (Å²) in [6.45, 7) is 6.69. The Bertz CT molecular complexity index is 290. The van der Waals surface area contributed by atoms with Gasteiger partial charge in [-0.05, 0) is 24.0 Å². The van der Waals surface area contributed by atoms with Crippen LogP contribution in [-0.4, -0.2) is 15.7 Å². The monoisotopic (exact) mass is 158 g/mol. The maximum atomic E-state index is 2.31. The number of benzene rings is 1. The van der Waals surface area contributed by atoms with Crippen LogP contribution in [0.3, 0.4) is 0 Å². The van der Waals surface area contributed by atoms with Gasteiger partial charge in [-0.25, -0.2) is 0 Å². The third-order valence-electron chi connectivity index (χ3n) is 2.50. The van der Waals surface area contributed by atoms with Crippen molar-refractivity contribution in [2.45, 2.75) is 26.7 Å². The van der Waals surface area contributed by atoms with E-state index >= 15 is 0 Å². The van der Waals surface area contributed by atoms with Crippen LogP contribution in [0.4, 0.5) is 0 Å². The van der Waals surface area contributed by atoms with Gasteiger partial charge in [-0.15, -0.1) is 0 Å². The molecule has 0 amide bonds. The summed E-state index contributed by atoms with van der Waals surface area (Å²) in [6, 6.07) is 4.60. The minimum absolute atomic E-state index is 0.643. The van der Waals surface area contributed by atoms with Crippen LogP contribution in [0.15, 0.2) is 12.1 Å². The molecule has 0 fully saturated rings. The normalized spacial score (nSPS) is 10.7. The van der Waals surface area contributed by atoms with Crippen LogP contribution in [0.25, 0.3) is 0 Å². The quantitative estimate of drug-likeness (QED) is 0.489. The largest absolute Gasteiger partial charge is 0.138 e. The molecule has 0 aliphatic carbocycles. The maximum absolute atomic E-state index is 2.31. The molecule has 0 saturated heterocycles. The Balaban J connectivity index is 3.23. The third-order valence-corrected chi connectivity index (χ3v) is 2.50. The second kappa shape index (κ2) is 3.38. The van der Waals surface area contributed by atoms with E-state index in [1.165, 1.54) is 22.1 Å². The smallest absolute Gasteiger partial charge is 0.0949 e. The van der Waals surface area contributed by atoms with E-state index in [9.17, 15) is 0 Å². The van der Waals surface area contributed by atoms with Crippen molar-refractivity contribution in [3.8, 4) is 0 Å². The van der Waals surface area contributed by atoms with Crippen molar-refractivity contribution in [2.75, 3.05) is 0 Å². The molecule has 1 aromatic rings. The highest BCUT2D eigenvalue weighted by molar-refractivity contribution is 6.48. The summed E-state index contributed by atoms with van der Waals surface area (Å²) in [5.41, 5.74) is 5.72. The Labute approximate surface area is 77.2 Å². The van der Waals surface area contributed by atoms with Crippen LogP contribution in [0.1, 0.15) is 30.9 Å². The van der Waals surface area contributed by atoms with Crippen LogP contribution in [-0.2, 0) is 0 Å². The summed E-state index contributed by atoms with van der Waals surface area (Å²) in [5, 5.41) is 0. The SMILES string of the molecule is Bc1cc(C)c(C(C)C)cc1B. The van der Waals surface area contributed by atoms with Crippen LogP contribution in [0.2, 0.25) is 0 Å². The average molecular weight is 158 g/mol. The first-order valence-electron chi connectivity index (χ1n) is 4.60. The van der Waals surface area contributed by atoms with Crippen molar-refractivity contribution in [3.05, 3.63) is 23.3 Å². The summed E-state index contributed by atoms with van der Waals surface area (Å²) < 4.78 is 0. The van der Waals surface area contributed by atoms with Gasteiger partial charge in [0, 0.05) is 0 Å². The standard InChI is InChI=1S/C10H16B2/c1-6(2)8-5-10(12)9(11)4-7(8)3/h4-6H,11-12H2,1-3H3. The fourth-order valence-corrected chi connectivity index (χ4v) is 1.60. The molecule has 0 saturated carbocycles. The van der Waals surface area contributed by atoms with E-state index in [1.54, 1.807) is 0 Å². The number of aryl methyl sites for hydroxylation is 1. The minimum Gasteiger partial charge on any atom is -0.0949 e. The van der Waals surface area contributed by atoms with Crippen molar-refractivity contribution in [2.24, 2.45) is 0 Å². The fraction of sp³-hybridized carbons (Fsp3) is 0.400. The van der Waals surface area contributed by atoms with Gasteiger partial charge in [0.25, 0.3) is 0 Å². The zero-order valence-electron chi connectivity index (χ0n) is 8.73. The average Bonchev–Trinajstić information content (AvgIpc) is 1.96. The van der Waals surface area contributed by atoms with E-state index < -0.39 is 0 Å². The van der Waals surface area contributed by atoms with Crippen molar-refractivity contribution in [3.63, 3.8) is 0 Å². The Morgan fingerprint density at radius 3 is 2.08 bits per heavy atom. The van der Waals surface area contributed by atoms with Gasteiger partial charge in [0.1, 0.15) is 15.7 Å². The van der Waals surface area contributed by atoms with Crippen molar-refractivity contribution in [1.29, 1.82) is 0 Å². The highest BCUT2D eigenvalue weighted by Crippen LogP contribution is 2.15. The van der Waals surface area contributed by atoms with Crippen molar-refractivity contribution in [1.82, 2.24) is 0 Å². The predicted molar refractivity (Wildman–Crippen MR) is 61.6 cm³/mol. The summed E-state index contributed by atoms with van der Waals surface area (Å²) in [7, 11) is 4.35. The van der Waals surface area contributed by atoms with Gasteiger partial charge in [0.15, 0.2) is 0 Å². The molecule has 12 heavy (non-hydrogen) atoms. The molecule has 1 aromatic carbocycles. The first kappa shape index (κ1) is 9.44. The lowest BCUT2D eigenvalue weighted by molar-refractivity contribution is 0.858. The van der Waals surface area contributed by atoms with Crippen LogP contribution in [0.5, 0.6) is 0 Å². The second-order valence-electron chi connectivity index (χ2n) is 3.95. The highest BCUT2D eigenvalue weighted by atomic mass is 14.1. The van der Waals surface area contributed by atoms with Gasteiger partial charge in [0.2, 0.25) is 0 Å². The van der Waals surface area contributed by atoms with E-state index in [4.69, 9.17) is 0 Å². The maximum Gasteiger partial charge on any atom is 0.138 e. The molecule has 0 heterocycles. The molecule has 0 spiro atoms. The number of hydrogen-bond acceptors (Lipinski definition) is 0. The van der Waals surface area contributed by atoms with Gasteiger partial charge in [0.05, 0.1) is 0 Å². The fourth-order valence-electron chi connectivity index (χ4n) is 1.60. The van der Waals surface area contributed by atoms with E-state index in [1.807, 2.05) is 0 Å². The third kappa shape index (κ3) is 1.74. The Kier molecular flexibility index (Phi) is 2.66. The topological polar surface area (TPSA) is 0 Å². The molecule has 0 N–H and O–H groups in total. The molecular weight excluding hydrogens is 142 g/mol. The Morgan fingerprint density at radius 2 is 1.58 bits per heavy atom. The van der Waals surface area contributed by atoms with E-state index in [-0.39, 0.29) is 0 Å². The molecule has 1 rings (SSSR count). The molecular formula is C10H16B2. The molecule has 2 heteroatoms. The molecule has 0 aliphatic rings. The van der Waals surface area contributed by atoms with E-state index in [2.05, 4.69) is 48.6 Å². The summed E-state index contributed by atoms with van der Waals surface area (Å²) in [5.74, 6) is 0.643. The molecule has 62 valence electrons. The van der Waals surface area contributed by atoms with E-state index in [0.717, 1.165) is 0 Å². The lowest BCUT2D eigenvalue weighted by atomic mass is 9.77. The minimum atomic E-state index is 0.643. The van der Waals surface area contributed by atoms with Crippen molar-refractivity contribution < 1.29 is 0 Å². The van der Waals surface area contributed by atoms with Gasteiger partial charge < -0.3 is 0 Å². The zero-order valence-corrected chi connectivity index (χ0v) is 8.73. The van der Waals surface area contributed by atoms with Crippen molar-refractivity contribution >= 4 is 26.6 Å².